The molecule has 2 fully saturated rings. The SMILES string of the molecule is C1CCNC1.NC(=S)S.S=C(S)NN1CCCC1. The zero-order valence-corrected chi connectivity index (χ0v) is 13.8. The van der Waals surface area contributed by atoms with Crippen LogP contribution in [0.25, 0.3) is 0 Å². The van der Waals surface area contributed by atoms with E-state index in [0.29, 0.717) is 4.32 Å². The van der Waals surface area contributed by atoms with Gasteiger partial charge in [0.1, 0.15) is 8.64 Å². The maximum atomic E-state index is 4.74. The van der Waals surface area contributed by atoms with Gasteiger partial charge in [-0.15, -0.1) is 25.3 Å². The Morgan fingerprint density at radius 3 is 1.78 bits per heavy atom. The zero-order valence-electron chi connectivity index (χ0n) is 10.4. The highest BCUT2D eigenvalue weighted by molar-refractivity contribution is 8.11. The minimum absolute atomic E-state index is 0.194. The molecule has 0 aliphatic carbocycles. The van der Waals surface area contributed by atoms with E-state index >= 15 is 0 Å². The number of nitrogens with two attached hydrogens (primary N) is 1. The summed E-state index contributed by atoms with van der Waals surface area (Å²) in [4.78, 5) is 0. The van der Waals surface area contributed by atoms with Crippen molar-refractivity contribution in [2.75, 3.05) is 26.2 Å². The Balaban J connectivity index is 0.000000272. The van der Waals surface area contributed by atoms with Crippen LogP contribution < -0.4 is 16.5 Å². The average molecular weight is 327 g/mol. The number of hydrazine groups is 1. The van der Waals surface area contributed by atoms with Crippen molar-refractivity contribution in [2.45, 2.75) is 25.7 Å². The summed E-state index contributed by atoms with van der Waals surface area (Å²) in [5.74, 6) is 0. The van der Waals surface area contributed by atoms with E-state index in [4.69, 9.17) is 18.0 Å². The van der Waals surface area contributed by atoms with Gasteiger partial charge in [-0.25, -0.2) is 5.01 Å². The van der Waals surface area contributed by atoms with Crippen molar-refractivity contribution >= 4 is 58.3 Å². The van der Waals surface area contributed by atoms with Gasteiger partial charge in [-0.1, -0.05) is 24.4 Å². The fourth-order valence-electron chi connectivity index (χ4n) is 1.59. The van der Waals surface area contributed by atoms with Crippen molar-refractivity contribution in [3.8, 4) is 0 Å². The molecule has 0 radical (unpaired) electrons. The molecule has 0 amide bonds. The number of rotatable bonds is 1. The molecule has 2 rings (SSSR count). The second-order valence-corrected chi connectivity index (χ2v) is 6.29. The van der Waals surface area contributed by atoms with Crippen LogP contribution in [0.3, 0.4) is 0 Å². The smallest absolute Gasteiger partial charge is 0.145 e. The van der Waals surface area contributed by atoms with Crippen molar-refractivity contribution in [3.63, 3.8) is 0 Å². The molecule has 2 aliphatic rings. The molecule has 4 N–H and O–H groups in total. The summed E-state index contributed by atoms with van der Waals surface area (Å²) >= 11 is 16.3. The van der Waals surface area contributed by atoms with Gasteiger partial charge in [-0.3, -0.25) is 0 Å². The molecule has 0 aromatic carbocycles. The molecule has 2 saturated heterocycles. The first-order valence-corrected chi connectivity index (χ1v) is 7.67. The normalized spacial score (nSPS) is 18.1. The Morgan fingerprint density at radius 2 is 1.50 bits per heavy atom. The molecule has 106 valence electrons. The monoisotopic (exact) mass is 326 g/mol. The predicted molar refractivity (Wildman–Crippen MR) is 93.4 cm³/mol. The highest BCUT2D eigenvalue weighted by Crippen LogP contribution is 2.03. The van der Waals surface area contributed by atoms with E-state index in [-0.39, 0.29) is 4.32 Å². The van der Waals surface area contributed by atoms with Crippen molar-refractivity contribution in [1.82, 2.24) is 15.8 Å². The van der Waals surface area contributed by atoms with Gasteiger partial charge in [0.25, 0.3) is 0 Å². The second kappa shape index (κ2) is 12.4. The standard InChI is InChI=1S/C5H10N2S2.C4H9N.CH3NS2/c8-5(9)6-7-3-1-2-4-7;1-2-4-5-3-1;2-1(3)4/h1-4H2,(H2,6,8,9);5H,1-4H2;(H3,2,3,4). The highest BCUT2D eigenvalue weighted by atomic mass is 32.1. The molecule has 0 atom stereocenters. The number of hydrogen-bond donors (Lipinski definition) is 5. The Kier molecular flexibility index (Phi) is 12.7. The summed E-state index contributed by atoms with van der Waals surface area (Å²) in [6.07, 6.45) is 5.31. The van der Waals surface area contributed by atoms with Crippen LogP contribution in [0.2, 0.25) is 0 Å². The summed E-state index contributed by atoms with van der Waals surface area (Å²) in [6.45, 7) is 4.70. The third-order valence-corrected chi connectivity index (χ3v) is 2.51. The summed E-state index contributed by atoms with van der Waals surface area (Å²) in [7, 11) is 0. The second-order valence-electron chi connectivity index (χ2n) is 3.91. The van der Waals surface area contributed by atoms with Gasteiger partial charge in [-0.05, 0) is 38.8 Å². The van der Waals surface area contributed by atoms with Crippen LogP contribution in [0.5, 0.6) is 0 Å². The van der Waals surface area contributed by atoms with Gasteiger partial charge in [0.2, 0.25) is 0 Å². The average Bonchev–Trinajstić information content (AvgIpc) is 2.89. The van der Waals surface area contributed by atoms with Crippen LogP contribution in [-0.4, -0.2) is 39.8 Å². The van der Waals surface area contributed by atoms with E-state index in [1.165, 1.54) is 38.8 Å². The maximum absolute atomic E-state index is 4.74. The lowest BCUT2D eigenvalue weighted by Gasteiger charge is -2.14. The molecule has 4 nitrogen and oxygen atoms in total. The number of thiol groups is 2. The van der Waals surface area contributed by atoms with Crippen LogP contribution in [0.1, 0.15) is 25.7 Å². The van der Waals surface area contributed by atoms with Gasteiger partial charge in [0.15, 0.2) is 0 Å². The van der Waals surface area contributed by atoms with Crippen LogP contribution in [0.15, 0.2) is 0 Å². The van der Waals surface area contributed by atoms with E-state index in [0.717, 1.165) is 13.1 Å². The Bertz CT molecular complexity index is 228. The van der Waals surface area contributed by atoms with Crippen molar-refractivity contribution in [3.05, 3.63) is 0 Å². The lowest BCUT2D eigenvalue weighted by molar-refractivity contribution is 0.300. The summed E-state index contributed by atoms with van der Waals surface area (Å²) in [5.41, 5.74) is 7.68. The largest absolute Gasteiger partial charge is 0.385 e. The fraction of sp³-hybridized carbons (Fsp3) is 0.800. The van der Waals surface area contributed by atoms with Crippen molar-refractivity contribution < 1.29 is 0 Å². The third kappa shape index (κ3) is 14.5. The van der Waals surface area contributed by atoms with Gasteiger partial charge in [-0.2, -0.15) is 0 Å². The van der Waals surface area contributed by atoms with Crippen LogP contribution in [0.4, 0.5) is 0 Å². The molecule has 0 aromatic heterocycles. The molecule has 0 aromatic rings. The topological polar surface area (TPSA) is 53.3 Å². The molecule has 0 unspecified atom stereocenters. The first kappa shape index (κ1) is 18.4. The summed E-state index contributed by atoms with van der Waals surface area (Å²) in [5, 5.41) is 5.31. The van der Waals surface area contributed by atoms with Crippen molar-refractivity contribution in [2.24, 2.45) is 5.73 Å². The van der Waals surface area contributed by atoms with Gasteiger partial charge in [0.05, 0.1) is 0 Å². The van der Waals surface area contributed by atoms with E-state index in [1.54, 1.807) is 0 Å². The molecule has 2 heterocycles. The molecule has 0 saturated carbocycles. The number of nitrogens with zero attached hydrogens (tertiary/aromatic N) is 1. The van der Waals surface area contributed by atoms with E-state index < -0.39 is 0 Å². The number of thiocarbonyl (C=S) groups is 2. The predicted octanol–water partition coefficient (Wildman–Crippen LogP) is 1.33. The molecule has 0 bridgehead atoms. The molecular weight excluding hydrogens is 304 g/mol. The van der Waals surface area contributed by atoms with Gasteiger partial charge < -0.3 is 16.5 Å². The van der Waals surface area contributed by atoms with E-state index in [9.17, 15) is 0 Å². The maximum Gasteiger partial charge on any atom is 0.145 e. The summed E-state index contributed by atoms with van der Waals surface area (Å²) < 4.78 is 0.761. The molecule has 2 aliphatic heterocycles. The Hall–Kier alpha value is 0.400. The molecule has 18 heavy (non-hydrogen) atoms. The quantitative estimate of drug-likeness (QED) is 0.370. The lowest BCUT2D eigenvalue weighted by atomic mass is 10.4. The molecule has 8 heteroatoms. The van der Waals surface area contributed by atoms with Crippen molar-refractivity contribution in [1.29, 1.82) is 0 Å². The highest BCUT2D eigenvalue weighted by Gasteiger charge is 2.09. The molecule has 0 spiro atoms. The fourth-order valence-corrected chi connectivity index (χ4v) is 1.86. The van der Waals surface area contributed by atoms with Crippen LogP contribution in [-0.2, 0) is 0 Å². The minimum atomic E-state index is 0.194. The Labute approximate surface area is 131 Å². The molecular formula is C10H22N4S4. The number of nitrogens with one attached hydrogen (secondary N) is 2. The first-order valence-electron chi connectivity index (χ1n) is 5.96. The Morgan fingerprint density at radius 1 is 1.06 bits per heavy atom. The summed E-state index contributed by atoms with van der Waals surface area (Å²) in [6, 6.07) is 0. The van der Waals surface area contributed by atoms with E-state index in [2.05, 4.69) is 53.2 Å². The van der Waals surface area contributed by atoms with Crippen LogP contribution in [0, 0.1) is 0 Å². The lowest BCUT2D eigenvalue weighted by Crippen LogP contribution is -2.36. The van der Waals surface area contributed by atoms with Crippen LogP contribution >= 0.6 is 49.7 Å². The minimum Gasteiger partial charge on any atom is -0.385 e. The number of hydrogen-bond acceptors (Lipinski definition) is 4. The third-order valence-electron chi connectivity index (χ3n) is 2.32. The van der Waals surface area contributed by atoms with Gasteiger partial charge in [0, 0.05) is 13.1 Å². The zero-order chi connectivity index (χ0) is 13.8. The van der Waals surface area contributed by atoms with Gasteiger partial charge >= 0.3 is 0 Å². The van der Waals surface area contributed by atoms with E-state index in [1.807, 2.05) is 0 Å². The first-order chi connectivity index (χ1) is 8.52.